The van der Waals surface area contributed by atoms with E-state index in [0.29, 0.717) is 21.4 Å². The van der Waals surface area contributed by atoms with E-state index in [1.54, 1.807) is 31.2 Å². The van der Waals surface area contributed by atoms with Crippen LogP contribution in [0.15, 0.2) is 65.6 Å². The van der Waals surface area contributed by atoms with Crippen LogP contribution < -0.4 is 14.4 Å². The van der Waals surface area contributed by atoms with Gasteiger partial charge >= 0.3 is 0 Å². The summed E-state index contributed by atoms with van der Waals surface area (Å²) in [5.74, 6) is -0.681. The summed E-state index contributed by atoms with van der Waals surface area (Å²) in [5, 5.41) is 3.46. The molecule has 1 atom stereocenters. The van der Waals surface area contributed by atoms with Crippen LogP contribution >= 0.6 is 34.8 Å². The smallest absolute Gasteiger partial charge is 0.264 e. The molecule has 1 unspecified atom stereocenters. The van der Waals surface area contributed by atoms with Gasteiger partial charge in [0, 0.05) is 23.6 Å². The number of methoxy groups -OCH3 is 1. The largest absolute Gasteiger partial charge is 0.495 e. The van der Waals surface area contributed by atoms with Crippen molar-refractivity contribution in [1.29, 1.82) is 0 Å². The summed E-state index contributed by atoms with van der Waals surface area (Å²) in [6.07, 6.45) is 0.274. The third kappa shape index (κ3) is 7.20. The van der Waals surface area contributed by atoms with E-state index in [2.05, 4.69) is 5.32 Å². The van der Waals surface area contributed by atoms with Crippen molar-refractivity contribution in [1.82, 2.24) is 10.2 Å². The third-order valence-corrected chi connectivity index (χ3v) is 8.97. The van der Waals surface area contributed by atoms with E-state index >= 15 is 0 Å². The minimum Gasteiger partial charge on any atom is -0.495 e. The average molecular weight is 627 g/mol. The predicted octanol–water partition coefficient (Wildman–Crippen LogP) is 5.71. The predicted molar refractivity (Wildman–Crippen MR) is 159 cm³/mol. The molecular weight excluding hydrogens is 597 g/mol. The lowest BCUT2D eigenvalue weighted by Gasteiger charge is -2.33. The second-order valence-corrected chi connectivity index (χ2v) is 12.1. The number of likely N-dealkylation sites (N-methyl/N-ethyl adjacent to an activating group) is 1. The molecule has 0 fully saturated rings. The summed E-state index contributed by atoms with van der Waals surface area (Å²) in [7, 11) is -1.33. The Morgan fingerprint density at radius 2 is 1.65 bits per heavy atom. The van der Waals surface area contributed by atoms with Gasteiger partial charge < -0.3 is 15.0 Å². The number of benzene rings is 3. The molecule has 0 aliphatic heterocycles. The van der Waals surface area contributed by atoms with Crippen LogP contribution in [0.25, 0.3) is 0 Å². The highest BCUT2D eigenvalue weighted by Crippen LogP contribution is 2.32. The molecule has 8 nitrogen and oxygen atoms in total. The first kappa shape index (κ1) is 31.5. The fourth-order valence-electron chi connectivity index (χ4n) is 4.10. The Hall–Kier alpha value is -2.98. The summed E-state index contributed by atoms with van der Waals surface area (Å²) >= 11 is 18.8. The van der Waals surface area contributed by atoms with Crippen LogP contribution in [-0.4, -0.2) is 51.9 Å². The molecule has 1 N–H and O–H groups in total. The number of carbonyl (C=O) groups is 2. The SMILES string of the molecule is CCC(C(=O)NC)N(Cc1ccc(Cl)cc1Cl)C(=O)CN(c1ccc(OC)c(Cl)c1)S(=O)(=O)c1ccc(C)cc1. The van der Waals surface area contributed by atoms with Gasteiger partial charge in [0.1, 0.15) is 18.3 Å². The number of ether oxygens (including phenoxy) is 1. The Balaban J connectivity index is 2.11. The molecule has 0 heterocycles. The summed E-state index contributed by atoms with van der Waals surface area (Å²) in [6.45, 7) is 2.93. The Morgan fingerprint density at radius 3 is 2.20 bits per heavy atom. The first-order valence-electron chi connectivity index (χ1n) is 12.3. The van der Waals surface area contributed by atoms with Gasteiger partial charge in [0.25, 0.3) is 10.0 Å². The van der Waals surface area contributed by atoms with Gasteiger partial charge in [-0.2, -0.15) is 0 Å². The normalized spacial score (nSPS) is 12.0. The number of sulfonamides is 1. The number of nitrogens with zero attached hydrogens (tertiary/aromatic N) is 2. The minimum atomic E-state index is -4.24. The van der Waals surface area contributed by atoms with Crippen LogP contribution in [-0.2, 0) is 26.2 Å². The van der Waals surface area contributed by atoms with Crippen molar-refractivity contribution in [2.45, 2.75) is 37.8 Å². The molecular formula is C28H30Cl3N3O5S. The maximum atomic E-state index is 14.0. The standard InChI is InChI=1S/C28H30Cl3N3O5S/c1-5-25(28(36)32-3)33(16-19-8-9-20(29)14-23(19)30)27(35)17-34(21-10-13-26(39-4)24(31)15-21)40(37,38)22-11-6-18(2)7-12-22/h6-15,25H,5,16-17H2,1-4H3,(H,32,36). The van der Waals surface area contributed by atoms with Gasteiger partial charge in [-0.15, -0.1) is 0 Å². The monoisotopic (exact) mass is 625 g/mol. The third-order valence-electron chi connectivity index (χ3n) is 6.30. The number of halogens is 3. The molecule has 0 bridgehead atoms. The van der Waals surface area contributed by atoms with Gasteiger partial charge in [-0.05, 0) is 61.4 Å². The van der Waals surface area contributed by atoms with Crippen LogP contribution in [0.2, 0.25) is 15.1 Å². The molecule has 40 heavy (non-hydrogen) atoms. The van der Waals surface area contributed by atoms with Gasteiger partial charge in [-0.25, -0.2) is 8.42 Å². The highest BCUT2D eigenvalue weighted by atomic mass is 35.5. The molecule has 0 saturated heterocycles. The first-order valence-corrected chi connectivity index (χ1v) is 14.9. The van der Waals surface area contributed by atoms with Gasteiger partial charge in [0.2, 0.25) is 11.8 Å². The van der Waals surface area contributed by atoms with Crippen LogP contribution in [0.4, 0.5) is 5.69 Å². The quantitative estimate of drug-likeness (QED) is 0.294. The lowest BCUT2D eigenvalue weighted by Crippen LogP contribution is -2.51. The molecule has 12 heteroatoms. The average Bonchev–Trinajstić information content (AvgIpc) is 2.92. The van der Waals surface area contributed by atoms with E-state index in [1.165, 1.54) is 55.5 Å². The van der Waals surface area contributed by atoms with Crippen molar-refractivity contribution >= 4 is 62.3 Å². The Kier molecular flexibility index (Phi) is 10.7. The molecule has 0 spiro atoms. The lowest BCUT2D eigenvalue weighted by molar-refractivity contribution is -0.140. The molecule has 0 radical (unpaired) electrons. The van der Waals surface area contributed by atoms with Crippen LogP contribution in [0.5, 0.6) is 5.75 Å². The Morgan fingerprint density at radius 1 is 0.975 bits per heavy atom. The number of hydrogen-bond donors (Lipinski definition) is 1. The summed E-state index contributed by atoms with van der Waals surface area (Å²) in [4.78, 5) is 28.1. The van der Waals surface area contributed by atoms with Gasteiger partial charge in [0.15, 0.2) is 0 Å². The van der Waals surface area contributed by atoms with Crippen molar-refractivity contribution in [2.75, 3.05) is 25.0 Å². The van der Waals surface area contributed by atoms with Crippen molar-refractivity contribution in [3.63, 3.8) is 0 Å². The topological polar surface area (TPSA) is 96.0 Å². The van der Waals surface area contributed by atoms with Crippen molar-refractivity contribution in [2.24, 2.45) is 0 Å². The number of aryl methyl sites for hydroxylation is 1. The fourth-order valence-corrected chi connectivity index (χ4v) is 6.22. The van der Waals surface area contributed by atoms with Crippen molar-refractivity contribution in [3.8, 4) is 5.75 Å². The minimum absolute atomic E-state index is 0.0107. The molecule has 214 valence electrons. The highest BCUT2D eigenvalue weighted by Gasteiger charge is 2.34. The highest BCUT2D eigenvalue weighted by molar-refractivity contribution is 7.92. The number of nitrogens with one attached hydrogen (secondary N) is 1. The summed E-state index contributed by atoms with van der Waals surface area (Å²) < 4.78 is 34.0. The number of anilines is 1. The van der Waals surface area contributed by atoms with Crippen LogP contribution in [0.1, 0.15) is 24.5 Å². The Bertz CT molecular complexity index is 1480. The van der Waals surface area contributed by atoms with E-state index in [9.17, 15) is 18.0 Å². The first-order chi connectivity index (χ1) is 18.9. The van der Waals surface area contributed by atoms with E-state index in [-0.39, 0.29) is 28.6 Å². The number of rotatable bonds is 11. The maximum absolute atomic E-state index is 14.0. The van der Waals surface area contributed by atoms with Gasteiger partial charge in [-0.1, -0.05) is 65.5 Å². The van der Waals surface area contributed by atoms with Crippen molar-refractivity contribution in [3.05, 3.63) is 86.9 Å². The molecule has 3 aromatic rings. The molecule has 3 aromatic carbocycles. The zero-order valence-electron chi connectivity index (χ0n) is 22.4. The lowest BCUT2D eigenvalue weighted by atomic mass is 10.1. The van der Waals surface area contributed by atoms with E-state index in [4.69, 9.17) is 39.5 Å². The molecule has 0 aromatic heterocycles. The van der Waals surface area contributed by atoms with Crippen LogP contribution in [0, 0.1) is 6.92 Å². The van der Waals surface area contributed by atoms with Crippen molar-refractivity contribution < 1.29 is 22.7 Å². The second-order valence-electron chi connectivity index (χ2n) is 8.94. The maximum Gasteiger partial charge on any atom is 0.264 e. The number of amides is 2. The van der Waals surface area contributed by atoms with Crippen LogP contribution in [0.3, 0.4) is 0 Å². The fraction of sp³-hybridized carbons (Fsp3) is 0.286. The van der Waals surface area contributed by atoms with E-state index < -0.39 is 34.4 Å². The zero-order valence-corrected chi connectivity index (χ0v) is 25.5. The summed E-state index contributed by atoms with van der Waals surface area (Å²) in [5.41, 5.74) is 1.57. The van der Waals surface area contributed by atoms with E-state index in [0.717, 1.165) is 9.87 Å². The van der Waals surface area contributed by atoms with Gasteiger partial charge in [0.05, 0.1) is 22.7 Å². The Labute approximate surface area is 249 Å². The number of carbonyl (C=O) groups excluding carboxylic acids is 2. The zero-order chi connectivity index (χ0) is 29.6. The molecule has 0 saturated carbocycles. The number of hydrogen-bond acceptors (Lipinski definition) is 5. The molecule has 0 aliphatic carbocycles. The molecule has 2 amide bonds. The van der Waals surface area contributed by atoms with Gasteiger partial charge in [-0.3, -0.25) is 13.9 Å². The molecule has 3 rings (SSSR count). The summed E-state index contributed by atoms with van der Waals surface area (Å²) in [6, 6.07) is 14.6. The second kappa shape index (κ2) is 13.6. The van der Waals surface area contributed by atoms with E-state index in [1.807, 2.05) is 6.92 Å². The molecule has 0 aliphatic rings.